The van der Waals surface area contributed by atoms with Crippen molar-refractivity contribution in [2.24, 2.45) is 4.99 Å². The summed E-state index contributed by atoms with van der Waals surface area (Å²) in [5.41, 5.74) is 0. The van der Waals surface area contributed by atoms with Crippen LogP contribution in [-0.4, -0.2) is 89.9 Å². The smallest absolute Gasteiger partial charge is 0.213 e. The fourth-order valence-corrected chi connectivity index (χ4v) is 5.54. The molecule has 0 saturated carbocycles. The molecule has 2 saturated heterocycles. The lowest BCUT2D eigenvalue weighted by atomic mass is 10.1. The van der Waals surface area contributed by atoms with Gasteiger partial charge in [-0.15, -0.1) is 0 Å². The number of rotatable bonds is 6. The van der Waals surface area contributed by atoms with Gasteiger partial charge in [-0.3, -0.25) is 4.99 Å². The van der Waals surface area contributed by atoms with Crippen LogP contribution in [0.1, 0.15) is 33.1 Å². The Bertz CT molecular complexity index is 728. The molecule has 158 valence electrons. The molecular formula is C16H32N4O5S2. The lowest BCUT2D eigenvalue weighted by Crippen LogP contribution is -2.57. The van der Waals surface area contributed by atoms with E-state index in [4.69, 9.17) is 4.74 Å². The second-order valence-corrected chi connectivity index (χ2v) is 12.3. The molecule has 2 N–H and O–H groups in total. The van der Waals surface area contributed by atoms with Crippen LogP contribution >= 0.6 is 0 Å². The molecule has 1 unspecified atom stereocenters. The first kappa shape index (κ1) is 22.4. The van der Waals surface area contributed by atoms with Crippen molar-refractivity contribution in [3.63, 3.8) is 0 Å². The van der Waals surface area contributed by atoms with Gasteiger partial charge in [0.1, 0.15) is 0 Å². The molecule has 27 heavy (non-hydrogen) atoms. The molecule has 11 heteroatoms. The minimum absolute atomic E-state index is 0.0493. The standard InChI is InChI=1S/C16H32N4O5S2/c1-16(2)13-20(8-11-26(16,21)22)15(17-3)18-7-10-27(23,24)19-12-14-6-4-5-9-25-14/h14,19H,4-13H2,1-3H3,(H,17,18). The number of ether oxygens (including phenoxy) is 1. The monoisotopic (exact) mass is 424 g/mol. The predicted octanol–water partition coefficient (Wildman–Crippen LogP) is -0.441. The zero-order valence-electron chi connectivity index (χ0n) is 16.4. The minimum Gasteiger partial charge on any atom is -0.377 e. The zero-order chi connectivity index (χ0) is 20.1. The van der Waals surface area contributed by atoms with Crippen molar-refractivity contribution < 1.29 is 21.6 Å². The SMILES string of the molecule is CN=C(NCCS(=O)(=O)NCC1CCCCO1)N1CCS(=O)(=O)C(C)(C)C1. The summed E-state index contributed by atoms with van der Waals surface area (Å²) in [6.45, 7) is 5.24. The van der Waals surface area contributed by atoms with Crippen LogP contribution in [0.5, 0.6) is 0 Å². The van der Waals surface area contributed by atoms with E-state index in [0.717, 1.165) is 19.3 Å². The average molecular weight is 425 g/mol. The summed E-state index contributed by atoms with van der Waals surface area (Å²) >= 11 is 0. The number of hydrogen-bond acceptors (Lipinski definition) is 6. The van der Waals surface area contributed by atoms with E-state index in [0.29, 0.717) is 32.2 Å². The van der Waals surface area contributed by atoms with E-state index in [9.17, 15) is 16.8 Å². The number of sulfonamides is 1. The number of hydrogen-bond donors (Lipinski definition) is 2. The molecule has 9 nitrogen and oxygen atoms in total. The zero-order valence-corrected chi connectivity index (χ0v) is 18.0. The van der Waals surface area contributed by atoms with Crippen LogP contribution in [0.15, 0.2) is 4.99 Å². The van der Waals surface area contributed by atoms with Crippen molar-refractivity contribution in [1.82, 2.24) is 14.9 Å². The van der Waals surface area contributed by atoms with Crippen molar-refractivity contribution >= 4 is 25.8 Å². The first-order valence-electron chi connectivity index (χ1n) is 9.33. The Kier molecular flexibility index (Phi) is 7.51. The molecule has 0 aromatic rings. The minimum atomic E-state index is -3.42. The third kappa shape index (κ3) is 6.30. The molecule has 0 aromatic heterocycles. The molecule has 0 amide bonds. The second-order valence-electron chi connectivity index (χ2n) is 7.63. The van der Waals surface area contributed by atoms with Gasteiger partial charge in [0, 0.05) is 39.8 Å². The molecular weight excluding hydrogens is 392 g/mol. The van der Waals surface area contributed by atoms with Crippen LogP contribution in [0.4, 0.5) is 0 Å². The van der Waals surface area contributed by atoms with Crippen LogP contribution in [0, 0.1) is 0 Å². The summed E-state index contributed by atoms with van der Waals surface area (Å²) in [5, 5.41) is 3.03. The van der Waals surface area contributed by atoms with Gasteiger partial charge >= 0.3 is 0 Å². The summed E-state index contributed by atoms with van der Waals surface area (Å²) in [7, 11) is -4.96. The van der Waals surface area contributed by atoms with Gasteiger partial charge in [0.25, 0.3) is 0 Å². The van der Waals surface area contributed by atoms with Gasteiger partial charge in [-0.1, -0.05) is 0 Å². The van der Waals surface area contributed by atoms with E-state index in [1.54, 1.807) is 20.9 Å². The van der Waals surface area contributed by atoms with Crippen LogP contribution in [0.2, 0.25) is 0 Å². The maximum Gasteiger partial charge on any atom is 0.213 e. The summed E-state index contributed by atoms with van der Waals surface area (Å²) in [6, 6.07) is 0. The van der Waals surface area contributed by atoms with E-state index < -0.39 is 24.6 Å². The molecule has 2 fully saturated rings. The number of nitrogens with zero attached hydrogens (tertiary/aromatic N) is 2. The second kappa shape index (κ2) is 9.06. The van der Waals surface area contributed by atoms with Gasteiger partial charge in [-0.05, 0) is 33.1 Å². The number of sulfone groups is 1. The Balaban J connectivity index is 1.80. The molecule has 2 aliphatic heterocycles. The van der Waals surface area contributed by atoms with Gasteiger partial charge in [-0.25, -0.2) is 21.6 Å². The van der Waals surface area contributed by atoms with Gasteiger partial charge in [0.05, 0.1) is 22.4 Å². The average Bonchev–Trinajstić information content (AvgIpc) is 2.61. The Labute approximate surface area is 162 Å². The molecule has 0 radical (unpaired) electrons. The maximum absolute atomic E-state index is 12.2. The number of guanidine groups is 1. The third-order valence-corrected chi connectivity index (χ3v) is 8.89. The lowest BCUT2D eigenvalue weighted by Gasteiger charge is -2.39. The maximum atomic E-state index is 12.2. The van der Waals surface area contributed by atoms with Gasteiger partial charge in [0.2, 0.25) is 10.0 Å². The highest BCUT2D eigenvalue weighted by atomic mass is 32.2. The normalized spacial score (nSPS) is 26.0. The summed E-state index contributed by atoms with van der Waals surface area (Å²) in [6.07, 6.45) is 2.92. The summed E-state index contributed by atoms with van der Waals surface area (Å²) in [5.74, 6) is 0.486. The Morgan fingerprint density at radius 3 is 2.67 bits per heavy atom. The highest BCUT2D eigenvalue weighted by Crippen LogP contribution is 2.23. The quantitative estimate of drug-likeness (QED) is 0.438. The summed E-state index contributed by atoms with van der Waals surface area (Å²) in [4.78, 5) is 6.02. The molecule has 0 aliphatic carbocycles. The van der Waals surface area contributed by atoms with Crippen molar-refractivity contribution in [3.8, 4) is 0 Å². The summed E-state index contributed by atoms with van der Waals surface area (Å²) < 4.78 is 55.8. The van der Waals surface area contributed by atoms with Crippen LogP contribution in [-0.2, 0) is 24.6 Å². The van der Waals surface area contributed by atoms with E-state index >= 15 is 0 Å². The van der Waals surface area contributed by atoms with Crippen molar-refractivity contribution in [2.75, 3.05) is 51.3 Å². The molecule has 0 bridgehead atoms. The Morgan fingerprint density at radius 1 is 1.33 bits per heavy atom. The Morgan fingerprint density at radius 2 is 2.07 bits per heavy atom. The highest BCUT2D eigenvalue weighted by Gasteiger charge is 2.40. The van der Waals surface area contributed by atoms with E-state index in [2.05, 4.69) is 15.0 Å². The fraction of sp³-hybridized carbons (Fsp3) is 0.938. The van der Waals surface area contributed by atoms with Crippen molar-refractivity contribution in [3.05, 3.63) is 0 Å². The third-order valence-electron chi connectivity index (χ3n) is 5.01. The number of nitrogens with one attached hydrogen (secondary N) is 2. The molecule has 2 heterocycles. The van der Waals surface area contributed by atoms with Crippen LogP contribution < -0.4 is 10.0 Å². The predicted molar refractivity (Wildman–Crippen MR) is 106 cm³/mol. The Hall–Kier alpha value is -0.910. The van der Waals surface area contributed by atoms with Gasteiger partial charge in [0.15, 0.2) is 15.8 Å². The highest BCUT2D eigenvalue weighted by molar-refractivity contribution is 7.92. The molecule has 2 rings (SSSR count). The largest absolute Gasteiger partial charge is 0.377 e. The molecule has 2 aliphatic rings. The van der Waals surface area contributed by atoms with E-state index in [1.807, 2.05) is 4.90 Å². The van der Waals surface area contributed by atoms with Crippen molar-refractivity contribution in [1.29, 1.82) is 0 Å². The topological polar surface area (TPSA) is 117 Å². The fourth-order valence-electron chi connectivity index (χ4n) is 3.21. The molecule has 0 aromatic carbocycles. The van der Waals surface area contributed by atoms with Crippen molar-refractivity contribution in [2.45, 2.75) is 44.0 Å². The molecule has 1 atom stereocenters. The first-order valence-corrected chi connectivity index (χ1v) is 12.6. The molecule has 0 spiro atoms. The lowest BCUT2D eigenvalue weighted by molar-refractivity contribution is 0.0200. The van der Waals surface area contributed by atoms with Crippen LogP contribution in [0.25, 0.3) is 0 Å². The van der Waals surface area contributed by atoms with Gasteiger partial charge < -0.3 is 15.0 Å². The van der Waals surface area contributed by atoms with E-state index in [1.165, 1.54) is 0 Å². The van der Waals surface area contributed by atoms with Crippen LogP contribution in [0.3, 0.4) is 0 Å². The van der Waals surface area contributed by atoms with Gasteiger partial charge in [-0.2, -0.15) is 0 Å². The van der Waals surface area contributed by atoms with E-state index in [-0.39, 0.29) is 24.2 Å². The number of aliphatic imine (C=N–C) groups is 1. The first-order chi connectivity index (χ1) is 12.6.